The van der Waals surface area contributed by atoms with Crippen LogP contribution < -0.4 is 10.2 Å². The van der Waals surface area contributed by atoms with E-state index in [1.54, 1.807) is 6.20 Å². The summed E-state index contributed by atoms with van der Waals surface area (Å²) in [6.45, 7) is 5.96. The number of carbonyl (C=O) groups is 1. The van der Waals surface area contributed by atoms with Gasteiger partial charge < -0.3 is 14.6 Å². The smallest absolute Gasteiger partial charge is 0.220 e. The molecule has 1 aromatic heterocycles. The number of piperazine rings is 1. The molecule has 0 saturated carbocycles. The van der Waals surface area contributed by atoms with Gasteiger partial charge in [0.25, 0.3) is 0 Å². The zero-order valence-electron chi connectivity index (χ0n) is 17.9. The van der Waals surface area contributed by atoms with Crippen LogP contribution in [0.5, 0.6) is 0 Å². The Hall–Kier alpha value is -3.12. The fourth-order valence-electron chi connectivity index (χ4n) is 3.87. The molecule has 6 heteroatoms. The van der Waals surface area contributed by atoms with Crippen molar-refractivity contribution in [3.63, 3.8) is 0 Å². The topological polar surface area (TPSA) is 61.6 Å². The number of carbonyl (C=O) groups excluding carboxylic acids is 1. The van der Waals surface area contributed by atoms with Gasteiger partial charge in [0, 0.05) is 56.8 Å². The fourth-order valence-corrected chi connectivity index (χ4v) is 3.87. The maximum atomic E-state index is 12.1. The van der Waals surface area contributed by atoms with Gasteiger partial charge in [-0.3, -0.25) is 9.69 Å². The molecule has 1 aliphatic rings. The molecule has 0 bridgehead atoms. The van der Waals surface area contributed by atoms with Crippen LogP contribution >= 0.6 is 0 Å². The molecule has 0 unspecified atom stereocenters. The minimum atomic E-state index is 0.0494. The van der Waals surface area contributed by atoms with Gasteiger partial charge in [-0.1, -0.05) is 48.5 Å². The maximum absolute atomic E-state index is 12.1. The number of para-hydroxylation sites is 1. The Morgan fingerprint density at radius 2 is 1.68 bits per heavy atom. The number of aryl methyl sites for hydroxylation is 1. The minimum Gasteiger partial charge on any atom is -0.441 e. The van der Waals surface area contributed by atoms with E-state index >= 15 is 0 Å². The zero-order valence-corrected chi connectivity index (χ0v) is 17.9. The van der Waals surface area contributed by atoms with Crippen molar-refractivity contribution >= 4 is 11.6 Å². The van der Waals surface area contributed by atoms with Crippen LogP contribution in [-0.4, -0.2) is 55.1 Å². The Bertz CT molecular complexity index is 934. The van der Waals surface area contributed by atoms with Crippen LogP contribution in [0.15, 0.2) is 71.3 Å². The number of anilines is 1. The summed E-state index contributed by atoms with van der Waals surface area (Å²) >= 11 is 0. The second-order valence-corrected chi connectivity index (χ2v) is 7.85. The van der Waals surface area contributed by atoms with Gasteiger partial charge in [-0.2, -0.15) is 0 Å². The van der Waals surface area contributed by atoms with Crippen LogP contribution in [-0.2, 0) is 11.2 Å². The van der Waals surface area contributed by atoms with E-state index in [9.17, 15) is 4.79 Å². The highest BCUT2D eigenvalue weighted by atomic mass is 16.4. The molecule has 0 aliphatic carbocycles. The van der Waals surface area contributed by atoms with Crippen molar-refractivity contribution in [1.29, 1.82) is 0 Å². The summed E-state index contributed by atoms with van der Waals surface area (Å²) in [7, 11) is 0. The number of nitrogens with one attached hydrogen (secondary N) is 1. The molecule has 162 valence electrons. The van der Waals surface area contributed by atoms with Crippen LogP contribution in [0.1, 0.15) is 18.7 Å². The van der Waals surface area contributed by atoms with Crippen molar-refractivity contribution < 1.29 is 9.21 Å². The lowest BCUT2D eigenvalue weighted by Gasteiger charge is -2.36. The summed E-state index contributed by atoms with van der Waals surface area (Å²) in [5, 5.41) is 3.02. The number of amides is 1. The van der Waals surface area contributed by atoms with E-state index in [1.165, 1.54) is 5.69 Å². The van der Waals surface area contributed by atoms with Crippen molar-refractivity contribution in [2.24, 2.45) is 0 Å². The van der Waals surface area contributed by atoms with Gasteiger partial charge in [0.1, 0.15) is 0 Å². The Morgan fingerprint density at radius 3 is 2.42 bits per heavy atom. The molecular formula is C25H30N4O2. The summed E-state index contributed by atoms with van der Waals surface area (Å²) in [4.78, 5) is 21.3. The lowest BCUT2D eigenvalue weighted by molar-refractivity contribution is -0.121. The fraction of sp³-hybridized carbons (Fsp3) is 0.360. The zero-order chi connectivity index (χ0) is 21.3. The molecule has 1 amide bonds. The number of hydrogen-bond donors (Lipinski definition) is 1. The average Bonchev–Trinajstić information content (AvgIpc) is 3.31. The van der Waals surface area contributed by atoms with Crippen LogP contribution in [0.25, 0.3) is 11.3 Å². The highest BCUT2D eigenvalue weighted by Gasteiger charge is 2.16. The maximum Gasteiger partial charge on any atom is 0.220 e. The van der Waals surface area contributed by atoms with Gasteiger partial charge in [0.05, 0.1) is 6.20 Å². The van der Waals surface area contributed by atoms with E-state index in [2.05, 4.69) is 50.4 Å². The standard InChI is InChI=1S/C25H30N4O2/c30-24(12-13-25-27-20-23(31-25)21-8-3-1-4-9-21)26-14-7-15-28-16-18-29(19-17-28)22-10-5-2-6-11-22/h1-6,8-11,20H,7,12-19H2,(H,26,30). The van der Waals surface area contributed by atoms with Gasteiger partial charge in [-0.05, 0) is 25.1 Å². The number of hydrogen-bond acceptors (Lipinski definition) is 5. The normalized spacial score (nSPS) is 14.5. The number of nitrogens with zero attached hydrogens (tertiary/aromatic N) is 3. The summed E-state index contributed by atoms with van der Waals surface area (Å²) < 4.78 is 5.76. The van der Waals surface area contributed by atoms with Crippen LogP contribution in [0, 0.1) is 0 Å². The van der Waals surface area contributed by atoms with E-state index in [0.29, 0.717) is 25.3 Å². The molecule has 31 heavy (non-hydrogen) atoms. The molecule has 1 aliphatic heterocycles. The average molecular weight is 419 g/mol. The summed E-state index contributed by atoms with van der Waals surface area (Å²) in [5.41, 5.74) is 2.30. The quantitative estimate of drug-likeness (QED) is 0.538. The molecule has 0 atom stereocenters. The lowest BCUT2D eigenvalue weighted by Crippen LogP contribution is -2.47. The SMILES string of the molecule is O=C(CCc1ncc(-c2ccccc2)o1)NCCCN1CCN(c2ccccc2)CC1. The van der Waals surface area contributed by atoms with Gasteiger partial charge in [0.15, 0.2) is 11.7 Å². The number of benzene rings is 2. The van der Waals surface area contributed by atoms with E-state index in [4.69, 9.17) is 4.42 Å². The molecule has 3 aromatic rings. The largest absolute Gasteiger partial charge is 0.441 e. The molecule has 6 nitrogen and oxygen atoms in total. The first kappa shape index (κ1) is 21.1. The van der Waals surface area contributed by atoms with Gasteiger partial charge >= 0.3 is 0 Å². The Balaban J connectivity index is 1.09. The monoisotopic (exact) mass is 418 g/mol. The second kappa shape index (κ2) is 10.8. The van der Waals surface area contributed by atoms with Crippen LogP contribution in [0.3, 0.4) is 0 Å². The number of oxazole rings is 1. The summed E-state index contributed by atoms with van der Waals surface area (Å²) in [6.07, 6.45) is 3.60. The minimum absolute atomic E-state index is 0.0494. The Labute approximate surface area is 183 Å². The first-order chi connectivity index (χ1) is 15.3. The van der Waals surface area contributed by atoms with Crippen molar-refractivity contribution in [2.75, 3.05) is 44.2 Å². The van der Waals surface area contributed by atoms with Gasteiger partial charge in [-0.25, -0.2) is 4.98 Å². The van der Waals surface area contributed by atoms with Crippen molar-refractivity contribution in [2.45, 2.75) is 19.3 Å². The molecule has 2 aromatic carbocycles. The third kappa shape index (κ3) is 6.18. The number of rotatable bonds is 9. The molecule has 4 rings (SSSR count). The van der Waals surface area contributed by atoms with Crippen LogP contribution in [0.2, 0.25) is 0 Å². The van der Waals surface area contributed by atoms with E-state index in [0.717, 1.165) is 50.5 Å². The van der Waals surface area contributed by atoms with Crippen molar-refractivity contribution in [3.8, 4) is 11.3 Å². The van der Waals surface area contributed by atoms with Crippen molar-refractivity contribution in [3.05, 3.63) is 72.8 Å². The highest BCUT2D eigenvalue weighted by Crippen LogP contribution is 2.20. The third-order valence-electron chi connectivity index (χ3n) is 5.64. The molecule has 0 spiro atoms. The van der Waals surface area contributed by atoms with Gasteiger partial charge in [0.2, 0.25) is 5.91 Å². The Kier molecular flexibility index (Phi) is 7.34. The Morgan fingerprint density at radius 1 is 0.968 bits per heavy atom. The second-order valence-electron chi connectivity index (χ2n) is 7.85. The van der Waals surface area contributed by atoms with Crippen LogP contribution in [0.4, 0.5) is 5.69 Å². The molecule has 0 radical (unpaired) electrons. The van der Waals surface area contributed by atoms with Crippen molar-refractivity contribution in [1.82, 2.24) is 15.2 Å². The molecule has 1 saturated heterocycles. The predicted molar refractivity (Wildman–Crippen MR) is 123 cm³/mol. The third-order valence-corrected chi connectivity index (χ3v) is 5.64. The molecule has 1 fully saturated rings. The predicted octanol–water partition coefficient (Wildman–Crippen LogP) is 3.60. The molecule has 1 N–H and O–H groups in total. The van der Waals surface area contributed by atoms with E-state index in [-0.39, 0.29) is 5.91 Å². The first-order valence-electron chi connectivity index (χ1n) is 11.1. The van der Waals surface area contributed by atoms with E-state index in [1.807, 2.05) is 30.3 Å². The number of aromatic nitrogens is 1. The summed E-state index contributed by atoms with van der Waals surface area (Å²) in [6, 6.07) is 20.5. The lowest BCUT2D eigenvalue weighted by atomic mass is 10.2. The molecular weight excluding hydrogens is 388 g/mol. The summed E-state index contributed by atoms with van der Waals surface area (Å²) in [5.74, 6) is 1.39. The van der Waals surface area contributed by atoms with E-state index < -0.39 is 0 Å². The molecule has 2 heterocycles. The highest BCUT2D eigenvalue weighted by molar-refractivity contribution is 5.76. The first-order valence-corrected chi connectivity index (χ1v) is 11.1. The van der Waals surface area contributed by atoms with Gasteiger partial charge in [-0.15, -0.1) is 0 Å².